The van der Waals surface area contributed by atoms with E-state index in [4.69, 9.17) is 38.8 Å². The third-order valence-electron chi connectivity index (χ3n) is 23.7. The van der Waals surface area contributed by atoms with Crippen molar-refractivity contribution in [3.05, 3.63) is 256 Å². The molecule has 112 heavy (non-hydrogen) atoms. The lowest BCUT2D eigenvalue weighted by atomic mass is 10.0. The van der Waals surface area contributed by atoms with E-state index in [1.165, 1.54) is 187 Å². The third kappa shape index (κ3) is 17.3. The minimum absolute atomic E-state index is 0.359. The molecule has 7 fully saturated rings. The molecule has 7 aromatic heterocycles. The first-order valence-electron chi connectivity index (χ1n) is 40.4. The lowest BCUT2D eigenvalue weighted by Crippen LogP contribution is -2.25. The Morgan fingerprint density at radius 1 is 0.402 bits per heavy atom. The maximum absolute atomic E-state index is 6.06. The number of aromatic nitrogens is 9. The van der Waals surface area contributed by atoms with Gasteiger partial charge in [0.2, 0.25) is 5.89 Å². The molecule has 2 aliphatic heterocycles. The number of halogens is 1. The van der Waals surface area contributed by atoms with Gasteiger partial charge in [0, 0.05) is 44.6 Å². The molecule has 0 N–H and O–H groups in total. The molecule has 6 aliphatic carbocycles. The SMILES string of the molecule is Cc1cc2c(cc1C)CC(C1CC1)=C2.Cc1cc2cc(C3CC3)oc2cc1C.Cc1cc2cccnc2cc1C.Cc1cc2nc(C3COC3)oc2cc1C.Cc1cc2nn(C3CC3)nc2cc1C.Cc1cc2nnn(C3CC3)c2cc1C.Cc1cc2oc(C3COC3)cc2cc1Cl.Cc1cc2onc(C3CC3)c2cc1C. The van der Waals surface area contributed by atoms with Crippen LogP contribution in [0.1, 0.15) is 218 Å². The Morgan fingerprint density at radius 2 is 0.902 bits per heavy atom. The molecular weight excluding hydrogens is 1410 g/mol. The Morgan fingerprint density at radius 3 is 1.50 bits per heavy atom. The molecular formula is C96H104ClN9O6. The summed E-state index contributed by atoms with van der Waals surface area (Å²) in [5.74, 6) is 6.11. The summed E-state index contributed by atoms with van der Waals surface area (Å²) in [7, 11) is 0. The minimum atomic E-state index is 0.359. The molecule has 0 bridgehead atoms. The zero-order valence-corrected chi connectivity index (χ0v) is 68.5. The first-order chi connectivity index (χ1) is 54.0. The van der Waals surface area contributed by atoms with Gasteiger partial charge < -0.3 is 27.2 Å². The maximum atomic E-state index is 6.06. The van der Waals surface area contributed by atoms with Crippen LogP contribution in [-0.4, -0.2) is 71.5 Å². The predicted octanol–water partition coefficient (Wildman–Crippen LogP) is 24.6. The van der Waals surface area contributed by atoms with E-state index in [1.807, 2.05) is 36.1 Å². The number of pyridine rings is 1. The number of oxazole rings is 1. The Hall–Kier alpha value is -10.1. The van der Waals surface area contributed by atoms with Crippen LogP contribution in [-0.2, 0) is 15.9 Å². The van der Waals surface area contributed by atoms with Crippen LogP contribution in [0.2, 0.25) is 5.02 Å². The Balaban J connectivity index is 0.0000000969. The summed E-state index contributed by atoms with van der Waals surface area (Å²) in [6.45, 7) is 34.9. The highest BCUT2D eigenvalue weighted by Gasteiger charge is 2.33. The number of hydrogen-bond donors (Lipinski definition) is 0. The normalized spacial score (nSPS) is 16.3. The highest BCUT2D eigenvalue weighted by Crippen LogP contribution is 2.46. The molecule has 0 radical (unpaired) electrons. The third-order valence-corrected chi connectivity index (χ3v) is 24.2. The number of fused-ring (bicyclic) bond motifs is 8. The molecule has 0 spiro atoms. The summed E-state index contributed by atoms with van der Waals surface area (Å²) >= 11 is 6.06. The van der Waals surface area contributed by atoms with E-state index in [0.29, 0.717) is 35.8 Å². The molecule has 8 aromatic carbocycles. The standard InChI is InChI=1S/C14H16.C13H14O.C12H11ClO2.C12H13NO2.C12H13NO.2C11H13N3.C11H11N/c1-9-5-12-7-14(11-3-4-11)8-13(12)6-10(9)2;1-8-5-11-7-13(10-3-4-10)14-12(11)6-9(8)2;1-7-2-11-8(3-10(7)13)4-12(15-11)9-5-14-6-9;1-7-3-10-11(4-8(7)2)15-12(13-10)9-5-14-6-9;1-7-5-10-11(6-8(7)2)14-13-12(10)9-3-4-9;1-7-5-10-11(6-8(7)2)14(13-12-10)9-3-4-9;1-7-5-10-11(6-8(7)2)13-14(12-10)9-3-4-9;1-8-6-10-4-3-5-12-11(10)7-9(8)2/h5-7,11H,3-4,8H2,1-2H3;5-7,10H,3-4H2,1-2H3;2-4,9H,5-6H2,1H3;3-4,9H,5-6H2,1-2H3;3*5-6,9H,3-4H2,1-2H3;3-7H,1-2H3. The Kier molecular flexibility index (Phi) is 21.6. The number of aryl methyl sites for hydroxylation is 15. The summed E-state index contributed by atoms with van der Waals surface area (Å²) < 4.78 is 35.0. The second-order valence-electron chi connectivity index (χ2n) is 33.2. The first-order valence-corrected chi connectivity index (χ1v) is 40.7. The van der Waals surface area contributed by atoms with Gasteiger partial charge in [-0.1, -0.05) is 51.8 Å². The van der Waals surface area contributed by atoms with Crippen LogP contribution < -0.4 is 0 Å². The smallest absolute Gasteiger partial charge is 0.203 e. The van der Waals surface area contributed by atoms with Gasteiger partial charge in [-0.25, -0.2) is 9.67 Å². The topological polar surface area (TPSA) is 171 Å². The molecule has 23 rings (SSSR count). The lowest BCUT2D eigenvalue weighted by molar-refractivity contribution is -0.00172. The summed E-state index contributed by atoms with van der Waals surface area (Å²) in [6, 6.07) is 43.8. The van der Waals surface area contributed by atoms with Crippen molar-refractivity contribution in [3.8, 4) is 0 Å². The summed E-state index contributed by atoms with van der Waals surface area (Å²) in [5, 5.41) is 27.1. The van der Waals surface area contributed by atoms with Crippen molar-refractivity contribution in [2.24, 2.45) is 5.92 Å². The van der Waals surface area contributed by atoms with Gasteiger partial charge in [0.05, 0.1) is 67.1 Å². The molecule has 15 nitrogen and oxygen atoms in total. The van der Waals surface area contributed by atoms with E-state index < -0.39 is 0 Å². The van der Waals surface area contributed by atoms with Gasteiger partial charge in [0.1, 0.15) is 44.8 Å². The highest BCUT2D eigenvalue weighted by molar-refractivity contribution is 6.32. The average molecular weight is 1520 g/mol. The molecule has 15 aromatic rings. The molecule has 0 atom stereocenters. The molecule has 8 aliphatic rings. The van der Waals surface area contributed by atoms with Gasteiger partial charge in [-0.15, -0.1) is 5.10 Å². The summed E-state index contributed by atoms with van der Waals surface area (Å²) in [5.41, 5.74) is 35.5. The van der Waals surface area contributed by atoms with E-state index in [0.717, 1.165) is 110 Å². The number of ether oxygens (including phenoxy) is 2. The fourth-order valence-corrected chi connectivity index (χ4v) is 14.6. The number of rotatable bonds is 7. The highest BCUT2D eigenvalue weighted by atomic mass is 35.5. The van der Waals surface area contributed by atoms with Gasteiger partial charge in [0.25, 0.3) is 0 Å². The number of benzene rings is 8. The second kappa shape index (κ2) is 31.8. The zero-order valence-electron chi connectivity index (χ0n) is 67.7. The molecule has 9 heterocycles. The van der Waals surface area contributed by atoms with E-state index in [1.54, 1.807) is 11.1 Å². The van der Waals surface area contributed by atoms with Crippen molar-refractivity contribution < 1.29 is 27.2 Å². The number of hydrogen-bond acceptors (Lipinski definition) is 13. The second-order valence-corrected chi connectivity index (χ2v) is 33.6. The quantitative estimate of drug-likeness (QED) is 0.148. The summed E-state index contributed by atoms with van der Waals surface area (Å²) in [6.07, 6.45) is 18.5. The largest absolute Gasteiger partial charge is 0.461 e. The van der Waals surface area contributed by atoms with Crippen LogP contribution in [0.3, 0.4) is 0 Å². The monoisotopic (exact) mass is 1510 g/mol. The molecule has 0 amide bonds. The van der Waals surface area contributed by atoms with Gasteiger partial charge in [0.15, 0.2) is 11.2 Å². The van der Waals surface area contributed by atoms with Crippen molar-refractivity contribution in [2.45, 2.75) is 210 Å². The van der Waals surface area contributed by atoms with Gasteiger partial charge >= 0.3 is 0 Å². The van der Waals surface area contributed by atoms with Gasteiger partial charge in [-0.3, -0.25) is 4.98 Å². The molecule has 2 saturated heterocycles. The first kappa shape index (κ1) is 76.0. The van der Waals surface area contributed by atoms with E-state index >= 15 is 0 Å². The van der Waals surface area contributed by atoms with Crippen LogP contribution in [0, 0.1) is 110 Å². The van der Waals surface area contributed by atoms with Gasteiger partial charge in [-0.2, -0.15) is 15.0 Å². The Labute approximate surface area is 661 Å². The Bertz CT molecular complexity index is 5550. The number of furan rings is 2. The average Bonchev–Trinajstić information content (AvgIpc) is 1.66. The predicted molar refractivity (Wildman–Crippen MR) is 452 cm³/mol. The maximum Gasteiger partial charge on any atom is 0.203 e. The fourth-order valence-electron chi connectivity index (χ4n) is 14.4. The van der Waals surface area contributed by atoms with Crippen LogP contribution >= 0.6 is 11.6 Å². The minimum Gasteiger partial charge on any atom is -0.461 e. The van der Waals surface area contributed by atoms with E-state index in [-0.39, 0.29) is 0 Å². The van der Waals surface area contributed by atoms with Gasteiger partial charge in [-0.05, 0) is 378 Å². The van der Waals surface area contributed by atoms with Crippen LogP contribution in [0.15, 0.2) is 151 Å². The van der Waals surface area contributed by atoms with Crippen molar-refractivity contribution in [1.29, 1.82) is 0 Å². The molecule has 16 heteroatoms. The zero-order chi connectivity index (χ0) is 77.9. The number of allylic oxidation sites excluding steroid dienone is 1. The van der Waals surface area contributed by atoms with E-state index in [2.05, 4.69) is 246 Å². The van der Waals surface area contributed by atoms with Crippen LogP contribution in [0.4, 0.5) is 0 Å². The van der Waals surface area contributed by atoms with Crippen molar-refractivity contribution >= 4 is 94.7 Å². The fraction of sp³-hybridized carbons (Fsp3) is 0.385. The molecule has 0 unspecified atom stereocenters. The van der Waals surface area contributed by atoms with Crippen molar-refractivity contribution in [2.75, 3.05) is 26.4 Å². The van der Waals surface area contributed by atoms with Crippen LogP contribution in [0.5, 0.6) is 0 Å². The van der Waals surface area contributed by atoms with Crippen LogP contribution in [0.25, 0.3) is 83.1 Å². The van der Waals surface area contributed by atoms with Crippen molar-refractivity contribution in [1.82, 2.24) is 45.1 Å². The van der Waals surface area contributed by atoms with Crippen molar-refractivity contribution in [3.63, 3.8) is 0 Å². The number of nitrogens with zero attached hydrogens (tertiary/aromatic N) is 9. The summed E-state index contributed by atoms with van der Waals surface area (Å²) in [4.78, 5) is 10.7. The molecule has 5 saturated carbocycles. The molecule has 576 valence electrons. The van der Waals surface area contributed by atoms with E-state index in [9.17, 15) is 0 Å². The lowest BCUT2D eigenvalue weighted by Gasteiger charge is -2.23.